The number of thioether (sulfide) groups is 1. The lowest BCUT2D eigenvalue weighted by atomic mass is 9.94. The molecule has 0 amide bonds. The summed E-state index contributed by atoms with van der Waals surface area (Å²) in [6.45, 7) is 2.02. The van der Waals surface area contributed by atoms with Crippen LogP contribution in [0.2, 0.25) is 0 Å². The SMILES string of the molecule is c1ccc2c(OCC3CN(C4CCCCC4)CS3)cccc2c1. The Balaban J connectivity index is 1.36. The number of hydrogen-bond acceptors (Lipinski definition) is 3. The summed E-state index contributed by atoms with van der Waals surface area (Å²) in [7, 11) is 0. The molecule has 122 valence electrons. The number of rotatable bonds is 4. The Morgan fingerprint density at radius 2 is 1.83 bits per heavy atom. The molecule has 1 heterocycles. The first kappa shape index (κ1) is 15.3. The van der Waals surface area contributed by atoms with E-state index in [9.17, 15) is 0 Å². The van der Waals surface area contributed by atoms with Gasteiger partial charge < -0.3 is 4.74 Å². The van der Waals surface area contributed by atoms with Crippen molar-refractivity contribution in [1.29, 1.82) is 0 Å². The molecular formula is C20H25NOS. The number of nitrogens with zero attached hydrogens (tertiary/aromatic N) is 1. The van der Waals surface area contributed by atoms with E-state index in [1.165, 1.54) is 55.3 Å². The fourth-order valence-corrected chi connectivity index (χ4v) is 5.05. The highest BCUT2D eigenvalue weighted by Gasteiger charge is 2.29. The van der Waals surface area contributed by atoms with Crippen LogP contribution in [-0.4, -0.2) is 35.2 Å². The lowest BCUT2D eigenvalue weighted by Gasteiger charge is -2.30. The zero-order chi connectivity index (χ0) is 15.5. The van der Waals surface area contributed by atoms with E-state index < -0.39 is 0 Å². The molecule has 2 fully saturated rings. The summed E-state index contributed by atoms with van der Waals surface area (Å²) < 4.78 is 6.19. The highest BCUT2D eigenvalue weighted by Crippen LogP contribution is 2.32. The Morgan fingerprint density at radius 1 is 1.00 bits per heavy atom. The van der Waals surface area contributed by atoms with Crippen LogP contribution >= 0.6 is 11.8 Å². The van der Waals surface area contributed by atoms with Crippen molar-refractivity contribution >= 4 is 22.5 Å². The number of hydrogen-bond donors (Lipinski definition) is 0. The monoisotopic (exact) mass is 327 g/mol. The minimum absolute atomic E-state index is 0.607. The van der Waals surface area contributed by atoms with E-state index in [1.807, 2.05) is 0 Å². The second kappa shape index (κ2) is 7.14. The van der Waals surface area contributed by atoms with Crippen molar-refractivity contribution in [2.24, 2.45) is 0 Å². The first-order valence-electron chi connectivity index (χ1n) is 8.86. The Kier molecular flexibility index (Phi) is 4.77. The average molecular weight is 327 g/mol. The van der Waals surface area contributed by atoms with Crippen LogP contribution < -0.4 is 4.74 Å². The molecule has 0 spiro atoms. The molecule has 1 saturated heterocycles. The zero-order valence-corrected chi connectivity index (χ0v) is 14.4. The van der Waals surface area contributed by atoms with E-state index >= 15 is 0 Å². The maximum Gasteiger partial charge on any atom is 0.127 e. The molecule has 2 nitrogen and oxygen atoms in total. The van der Waals surface area contributed by atoms with Gasteiger partial charge in [0.05, 0.1) is 5.25 Å². The predicted octanol–water partition coefficient (Wildman–Crippen LogP) is 4.93. The van der Waals surface area contributed by atoms with Gasteiger partial charge >= 0.3 is 0 Å². The standard InChI is InChI=1S/C20H25NOS/c1-2-9-17(10-3-1)21-13-18(23-15-21)14-22-20-12-6-8-16-7-4-5-11-19(16)20/h4-8,11-12,17-18H,1-3,9-10,13-15H2. The lowest BCUT2D eigenvalue weighted by Crippen LogP contribution is -2.36. The molecule has 2 aromatic carbocycles. The quantitative estimate of drug-likeness (QED) is 0.790. The van der Waals surface area contributed by atoms with Crippen LogP contribution in [0.15, 0.2) is 42.5 Å². The van der Waals surface area contributed by atoms with Gasteiger partial charge in [0.2, 0.25) is 0 Å². The molecule has 0 N–H and O–H groups in total. The molecular weight excluding hydrogens is 302 g/mol. The summed E-state index contributed by atoms with van der Waals surface area (Å²) in [5.74, 6) is 2.22. The van der Waals surface area contributed by atoms with E-state index in [4.69, 9.17) is 4.74 Å². The van der Waals surface area contributed by atoms with Crippen molar-refractivity contribution in [3.63, 3.8) is 0 Å². The lowest BCUT2D eigenvalue weighted by molar-refractivity contribution is 0.185. The Labute approximate surface area is 143 Å². The van der Waals surface area contributed by atoms with Crippen molar-refractivity contribution in [3.8, 4) is 5.75 Å². The smallest absolute Gasteiger partial charge is 0.127 e. The third-order valence-corrected chi connectivity index (χ3v) is 6.42. The molecule has 0 aromatic heterocycles. The predicted molar refractivity (Wildman–Crippen MR) is 99.3 cm³/mol. The fraction of sp³-hybridized carbons (Fsp3) is 0.500. The Bertz CT molecular complexity index is 648. The molecule has 23 heavy (non-hydrogen) atoms. The van der Waals surface area contributed by atoms with Gasteiger partial charge in [-0.05, 0) is 24.3 Å². The zero-order valence-electron chi connectivity index (χ0n) is 13.6. The minimum atomic E-state index is 0.607. The highest BCUT2D eigenvalue weighted by molar-refractivity contribution is 8.00. The molecule has 1 unspecified atom stereocenters. The fourth-order valence-electron chi connectivity index (χ4n) is 3.87. The molecule has 4 rings (SSSR count). The largest absolute Gasteiger partial charge is 0.492 e. The van der Waals surface area contributed by atoms with Crippen molar-refractivity contribution in [1.82, 2.24) is 4.90 Å². The topological polar surface area (TPSA) is 12.5 Å². The van der Waals surface area contributed by atoms with Crippen LogP contribution in [0.3, 0.4) is 0 Å². The van der Waals surface area contributed by atoms with Crippen LogP contribution in [0.5, 0.6) is 5.75 Å². The summed E-state index contributed by atoms with van der Waals surface area (Å²) in [4.78, 5) is 2.70. The molecule has 2 aliphatic rings. The van der Waals surface area contributed by atoms with Crippen LogP contribution in [0.1, 0.15) is 32.1 Å². The summed E-state index contributed by atoms with van der Waals surface area (Å²) in [5.41, 5.74) is 0. The van der Waals surface area contributed by atoms with E-state index in [0.717, 1.165) is 18.4 Å². The highest BCUT2D eigenvalue weighted by atomic mass is 32.2. The van der Waals surface area contributed by atoms with E-state index in [-0.39, 0.29) is 0 Å². The van der Waals surface area contributed by atoms with Crippen molar-refractivity contribution in [2.45, 2.75) is 43.4 Å². The molecule has 1 aliphatic carbocycles. The van der Waals surface area contributed by atoms with E-state index in [0.29, 0.717) is 5.25 Å². The van der Waals surface area contributed by atoms with Gasteiger partial charge in [0.1, 0.15) is 12.4 Å². The molecule has 1 atom stereocenters. The second-order valence-electron chi connectivity index (χ2n) is 6.77. The van der Waals surface area contributed by atoms with Crippen LogP contribution in [-0.2, 0) is 0 Å². The van der Waals surface area contributed by atoms with Crippen molar-refractivity contribution in [3.05, 3.63) is 42.5 Å². The average Bonchev–Trinajstić information content (AvgIpc) is 3.10. The van der Waals surface area contributed by atoms with Gasteiger partial charge in [-0.2, -0.15) is 0 Å². The maximum atomic E-state index is 6.19. The molecule has 2 aromatic rings. The van der Waals surface area contributed by atoms with Crippen molar-refractivity contribution < 1.29 is 4.74 Å². The van der Waals surface area contributed by atoms with Gasteiger partial charge in [-0.25, -0.2) is 0 Å². The van der Waals surface area contributed by atoms with Gasteiger partial charge in [-0.1, -0.05) is 55.7 Å². The minimum Gasteiger partial charge on any atom is -0.492 e. The first-order chi connectivity index (χ1) is 11.4. The summed E-state index contributed by atoms with van der Waals surface area (Å²) in [6, 6.07) is 15.6. The molecule has 3 heteroatoms. The van der Waals surface area contributed by atoms with Crippen LogP contribution in [0, 0.1) is 0 Å². The molecule has 0 radical (unpaired) electrons. The van der Waals surface area contributed by atoms with Gasteiger partial charge in [-0.15, -0.1) is 11.8 Å². The molecule has 1 saturated carbocycles. The van der Waals surface area contributed by atoms with Gasteiger partial charge in [-0.3, -0.25) is 4.90 Å². The van der Waals surface area contributed by atoms with Gasteiger partial charge in [0.25, 0.3) is 0 Å². The van der Waals surface area contributed by atoms with E-state index in [1.54, 1.807) is 0 Å². The van der Waals surface area contributed by atoms with Crippen LogP contribution in [0.4, 0.5) is 0 Å². The molecule has 0 bridgehead atoms. The Morgan fingerprint density at radius 3 is 2.74 bits per heavy atom. The van der Waals surface area contributed by atoms with Gasteiger partial charge in [0, 0.05) is 23.8 Å². The maximum absolute atomic E-state index is 6.19. The third-order valence-electron chi connectivity index (χ3n) is 5.18. The second-order valence-corrected chi connectivity index (χ2v) is 8.03. The number of benzene rings is 2. The summed E-state index contributed by atoms with van der Waals surface area (Å²) >= 11 is 2.07. The first-order valence-corrected chi connectivity index (χ1v) is 9.91. The summed E-state index contributed by atoms with van der Waals surface area (Å²) in [6.07, 6.45) is 7.08. The number of ether oxygens (including phenoxy) is 1. The summed E-state index contributed by atoms with van der Waals surface area (Å²) in [5, 5.41) is 3.09. The van der Waals surface area contributed by atoms with Crippen molar-refractivity contribution in [2.75, 3.05) is 19.0 Å². The van der Waals surface area contributed by atoms with Gasteiger partial charge in [0.15, 0.2) is 0 Å². The molecule has 1 aliphatic heterocycles. The number of fused-ring (bicyclic) bond motifs is 1. The third kappa shape index (κ3) is 3.51. The van der Waals surface area contributed by atoms with Crippen LogP contribution in [0.25, 0.3) is 10.8 Å². The normalized spacial score (nSPS) is 23.4. The van der Waals surface area contributed by atoms with E-state index in [2.05, 4.69) is 59.1 Å². The Hall–Kier alpha value is -1.19.